The van der Waals surface area contributed by atoms with Crippen LogP contribution in [0.4, 0.5) is 13.2 Å². The van der Waals surface area contributed by atoms with Crippen molar-refractivity contribution in [1.29, 1.82) is 0 Å². The molecular formula is C12H9ClF3N5O. The first-order valence-corrected chi connectivity index (χ1v) is 5.91. The van der Waals surface area contributed by atoms with Crippen molar-refractivity contribution in [1.82, 2.24) is 20.2 Å². The van der Waals surface area contributed by atoms with Crippen LogP contribution >= 0.6 is 0 Å². The van der Waals surface area contributed by atoms with Gasteiger partial charge in [0, 0.05) is 0 Å². The summed E-state index contributed by atoms with van der Waals surface area (Å²) < 4.78 is 45.3. The molecule has 0 aliphatic rings. The average Bonchev–Trinajstić information content (AvgIpc) is 3.10. The molecule has 0 amide bonds. The SMILES string of the molecule is FC(F)(F)c1ccccc1-c1nc(C[n+]2cnc[nH]2)no1.[Cl-]. The van der Waals surface area contributed by atoms with Gasteiger partial charge in [-0.1, -0.05) is 17.3 Å². The van der Waals surface area contributed by atoms with Gasteiger partial charge in [0.2, 0.25) is 12.2 Å². The molecule has 0 fully saturated rings. The van der Waals surface area contributed by atoms with Crippen molar-refractivity contribution in [2.24, 2.45) is 0 Å². The molecule has 0 unspecified atom stereocenters. The van der Waals surface area contributed by atoms with E-state index in [0.29, 0.717) is 0 Å². The van der Waals surface area contributed by atoms with Crippen molar-refractivity contribution in [2.45, 2.75) is 12.7 Å². The minimum atomic E-state index is -4.48. The van der Waals surface area contributed by atoms with E-state index in [1.165, 1.54) is 30.9 Å². The summed E-state index contributed by atoms with van der Waals surface area (Å²) in [7, 11) is 0. The summed E-state index contributed by atoms with van der Waals surface area (Å²) in [5.74, 6) is 0.0780. The number of aromatic amines is 1. The Kier molecular flexibility index (Phi) is 4.45. The minimum absolute atomic E-state index is 0. The normalized spacial score (nSPS) is 11.2. The third kappa shape index (κ3) is 3.25. The van der Waals surface area contributed by atoms with Crippen LogP contribution in [0.2, 0.25) is 0 Å². The quantitative estimate of drug-likeness (QED) is 0.613. The third-order valence-corrected chi connectivity index (χ3v) is 2.75. The molecule has 0 spiro atoms. The van der Waals surface area contributed by atoms with Gasteiger partial charge in [0.15, 0.2) is 6.54 Å². The Hall–Kier alpha value is -2.42. The molecule has 0 aliphatic carbocycles. The van der Waals surface area contributed by atoms with Gasteiger partial charge in [0.1, 0.15) is 0 Å². The van der Waals surface area contributed by atoms with Gasteiger partial charge in [0.05, 0.1) is 11.1 Å². The number of benzene rings is 1. The summed E-state index contributed by atoms with van der Waals surface area (Å²) in [6.07, 6.45) is -1.52. The van der Waals surface area contributed by atoms with Gasteiger partial charge >= 0.3 is 12.5 Å². The molecule has 0 bridgehead atoms. The first kappa shape index (κ1) is 16.0. The first-order chi connectivity index (χ1) is 10.0. The van der Waals surface area contributed by atoms with Crippen molar-refractivity contribution in [3.63, 3.8) is 0 Å². The summed E-state index contributed by atoms with van der Waals surface area (Å²) >= 11 is 0. The van der Waals surface area contributed by atoms with Gasteiger partial charge in [-0.15, -0.1) is 0 Å². The van der Waals surface area contributed by atoms with Gasteiger partial charge in [-0.2, -0.15) is 27.9 Å². The predicted molar refractivity (Wildman–Crippen MR) is 62.6 cm³/mol. The zero-order valence-corrected chi connectivity index (χ0v) is 11.6. The summed E-state index contributed by atoms with van der Waals surface area (Å²) in [4.78, 5) is 7.79. The van der Waals surface area contributed by atoms with E-state index < -0.39 is 11.7 Å². The molecule has 2 aromatic heterocycles. The number of hydrogen-bond acceptors (Lipinski definition) is 4. The Labute approximate surface area is 128 Å². The van der Waals surface area contributed by atoms with Crippen LogP contribution in [0.25, 0.3) is 11.5 Å². The van der Waals surface area contributed by atoms with Crippen LogP contribution in [0, 0.1) is 0 Å². The number of hydrogen-bond donors (Lipinski definition) is 1. The zero-order chi connectivity index (χ0) is 14.9. The highest BCUT2D eigenvalue weighted by Crippen LogP contribution is 2.36. The summed E-state index contributed by atoms with van der Waals surface area (Å²) in [6, 6.07) is 5.06. The Bertz CT molecular complexity index is 741. The average molecular weight is 332 g/mol. The number of nitrogens with zero attached hydrogens (tertiary/aromatic N) is 4. The highest BCUT2D eigenvalue weighted by molar-refractivity contribution is 5.59. The molecule has 0 aliphatic heterocycles. The molecule has 3 aromatic rings. The van der Waals surface area contributed by atoms with Crippen LogP contribution < -0.4 is 17.1 Å². The lowest BCUT2D eigenvalue weighted by Crippen LogP contribution is -3.00. The van der Waals surface area contributed by atoms with E-state index in [-0.39, 0.29) is 36.2 Å². The summed E-state index contributed by atoms with van der Waals surface area (Å²) in [5.41, 5.74) is -0.951. The van der Waals surface area contributed by atoms with Crippen LogP contribution in [0.5, 0.6) is 0 Å². The van der Waals surface area contributed by atoms with Crippen molar-refractivity contribution >= 4 is 0 Å². The second-order valence-corrected chi connectivity index (χ2v) is 4.21. The lowest BCUT2D eigenvalue weighted by molar-refractivity contribution is -0.744. The van der Waals surface area contributed by atoms with Crippen LogP contribution in [-0.4, -0.2) is 20.2 Å². The number of H-pyrrole nitrogens is 1. The van der Waals surface area contributed by atoms with Crippen LogP contribution in [0.3, 0.4) is 0 Å². The summed E-state index contributed by atoms with van der Waals surface area (Å²) in [6.45, 7) is 0.220. The maximum absolute atomic E-state index is 12.9. The second-order valence-electron chi connectivity index (χ2n) is 4.21. The van der Waals surface area contributed by atoms with Gasteiger partial charge in [0.25, 0.3) is 5.89 Å². The van der Waals surface area contributed by atoms with Gasteiger partial charge in [-0.05, 0) is 17.1 Å². The van der Waals surface area contributed by atoms with Gasteiger partial charge in [-0.25, -0.2) is 0 Å². The number of aromatic nitrogens is 5. The van der Waals surface area contributed by atoms with E-state index in [1.54, 1.807) is 4.68 Å². The maximum atomic E-state index is 12.9. The number of rotatable bonds is 3. The molecule has 116 valence electrons. The number of halogens is 4. The molecule has 0 saturated heterocycles. The molecule has 6 nitrogen and oxygen atoms in total. The fraction of sp³-hybridized carbons (Fsp3) is 0.167. The smallest absolute Gasteiger partial charge is 0.417 e. The second kappa shape index (κ2) is 6.14. The molecule has 2 heterocycles. The molecule has 22 heavy (non-hydrogen) atoms. The van der Waals surface area contributed by atoms with E-state index in [9.17, 15) is 13.2 Å². The molecule has 3 rings (SSSR count). The monoisotopic (exact) mass is 331 g/mol. The minimum Gasteiger partial charge on any atom is -1.00 e. The van der Waals surface area contributed by atoms with Gasteiger partial charge < -0.3 is 16.9 Å². The first-order valence-electron chi connectivity index (χ1n) is 5.91. The Balaban J connectivity index is 0.00000176. The standard InChI is InChI=1S/C12H8F3N5O.ClH/c13-12(14,15)9-4-2-1-3-8(9)11-18-10(19-21-11)5-20-7-16-6-17-20;/h1-4,6-7H,5H2;1H. The summed E-state index contributed by atoms with van der Waals surface area (Å²) in [5, 5.41) is 6.44. The van der Waals surface area contributed by atoms with Crippen LogP contribution in [0.1, 0.15) is 11.4 Å². The molecule has 1 aromatic carbocycles. The zero-order valence-electron chi connectivity index (χ0n) is 10.9. The predicted octanol–water partition coefficient (Wildman–Crippen LogP) is -1.18. The molecule has 0 saturated carbocycles. The largest absolute Gasteiger partial charge is 1.00 e. The van der Waals surface area contributed by atoms with Crippen molar-refractivity contribution < 1.29 is 34.8 Å². The van der Waals surface area contributed by atoms with E-state index in [1.807, 2.05) is 0 Å². The third-order valence-electron chi connectivity index (χ3n) is 2.75. The fourth-order valence-corrected chi connectivity index (χ4v) is 1.84. The van der Waals surface area contributed by atoms with Crippen molar-refractivity contribution in [2.75, 3.05) is 0 Å². The van der Waals surface area contributed by atoms with Crippen molar-refractivity contribution in [3.05, 3.63) is 48.3 Å². The molecule has 10 heteroatoms. The lowest BCUT2D eigenvalue weighted by Gasteiger charge is -2.09. The Morgan fingerprint density at radius 1 is 1.23 bits per heavy atom. The Morgan fingerprint density at radius 2 is 2.00 bits per heavy atom. The van der Waals surface area contributed by atoms with Gasteiger partial charge in [-0.3, -0.25) is 0 Å². The molecule has 0 atom stereocenters. The number of alkyl halides is 3. The van der Waals surface area contributed by atoms with Crippen LogP contribution in [-0.2, 0) is 12.7 Å². The number of nitrogens with one attached hydrogen (secondary N) is 1. The molecule has 1 N–H and O–H groups in total. The highest BCUT2D eigenvalue weighted by atomic mass is 35.5. The maximum Gasteiger partial charge on any atom is 0.417 e. The lowest BCUT2D eigenvalue weighted by atomic mass is 10.1. The molecular weight excluding hydrogens is 323 g/mol. The molecule has 0 radical (unpaired) electrons. The van der Waals surface area contributed by atoms with E-state index in [2.05, 4.69) is 20.2 Å². The van der Waals surface area contributed by atoms with E-state index >= 15 is 0 Å². The Morgan fingerprint density at radius 3 is 2.68 bits per heavy atom. The van der Waals surface area contributed by atoms with E-state index in [4.69, 9.17) is 4.52 Å². The van der Waals surface area contributed by atoms with E-state index in [0.717, 1.165) is 6.07 Å². The van der Waals surface area contributed by atoms with Crippen molar-refractivity contribution in [3.8, 4) is 11.5 Å². The topological polar surface area (TPSA) is 71.5 Å². The highest BCUT2D eigenvalue weighted by Gasteiger charge is 2.34. The van der Waals surface area contributed by atoms with Crippen LogP contribution in [0.15, 0.2) is 41.4 Å². The fourth-order valence-electron chi connectivity index (χ4n) is 1.84.